The molecule has 5 heteroatoms. The molecule has 0 spiro atoms. The Morgan fingerprint density at radius 3 is 1.53 bits per heavy atom. The molecule has 0 aliphatic rings. The van der Waals surface area contributed by atoms with Gasteiger partial charge in [-0.2, -0.15) is 0 Å². The molecule has 1 atom stereocenters. The lowest BCUT2D eigenvalue weighted by Crippen LogP contribution is -2.49. The van der Waals surface area contributed by atoms with Crippen molar-refractivity contribution in [2.75, 3.05) is 34.3 Å². The summed E-state index contributed by atoms with van der Waals surface area (Å²) < 4.78 is 0.527. The Morgan fingerprint density at radius 2 is 1.17 bits per heavy atom. The number of carboxylic acid groups (broad SMARTS) is 1. The second-order valence-electron chi connectivity index (χ2n) is 9.99. The van der Waals surface area contributed by atoms with Crippen LogP contribution in [0.1, 0.15) is 103 Å². The van der Waals surface area contributed by atoms with E-state index in [1.807, 2.05) is 27.2 Å². The van der Waals surface area contributed by atoms with E-state index in [9.17, 15) is 9.90 Å². The van der Waals surface area contributed by atoms with Crippen molar-refractivity contribution < 1.29 is 24.6 Å². The van der Waals surface area contributed by atoms with E-state index in [-0.39, 0.29) is 6.42 Å². The number of carboxylic acids is 1. The largest absolute Gasteiger partial charge is 0.481 e. The smallest absolute Gasteiger partial charge is 0.306 e. The Balaban J connectivity index is 3.64. The van der Waals surface area contributed by atoms with Crippen LogP contribution in [0.2, 0.25) is 0 Å². The monoisotopic (exact) mass is 428 g/mol. The first kappa shape index (κ1) is 29.1. The molecule has 0 aromatic carbocycles. The number of nitrogens with zero attached hydrogens (tertiary/aromatic N) is 1. The summed E-state index contributed by atoms with van der Waals surface area (Å²) in [4.78, 5) is 11.1. The van der Waals surface area contributed by atoms with Crippen molar-refractivity contribution in [2.24, 2.45) is 0 Å². The highest BCUT2D eigenvalue weighted by Gasteiger charge is 2.33. The van der Waals surface area contributed by atoms with E-state index in [2.05, 4.69) is 0 Å². The van der Waals surface area contributed by atoms with Gasteiger partial charge in [0, 0.05) is 6.61 Å². The quantitative estimate of drug-likeness (QED) is 0.132. The molecule has 30 heavy (non-hydrogen) atoms. The van der Waals surface area contributed by atoms with Gasteiger partial charge in [0.2, 0.25) is 0 Å². The molecule has 0 aliphatic carbocycles. The van der Waals surface area contributed by atoms with Crippen molar-refractivity contribution in [1.29, 1.82) is 0 Å². The Morgan fingerprint density at radius 1 is 0.767 bits per heavy atom. The zero-order chi connectivity index (χ0) is 22.7. The maximum atomic E-state index is 11.1. The highest BCUT2D eigenvalue weighted by Crippen LogP contribution is 2.18. The first-order valence-corrected chi connectivity index (χ1v) is 12.2. The Kier molecular flexibility index (Phi) is 17.2. The summed E-state index contributed by atoms with van der Waals surface area (Å²) in [6.07, 6.45) is 22.0. The molecule has 0 heterocycles. The van der Waals surface area contributed by atoms with Crippen LogP contribution < -0.4 is 0 Å². The van der Waals surface area contributed by atoms with Crippen LogP contribution in [0.3, 0.4) is 0 Å². The SMILES string of the molecule is C[N+](C)(C)CC(O)(C=CCCCCCCCCCCCCCCCCO)CC(=O)O. The van der Waals surface area contributed by atoms with Gasteiger partial charge in [-0.3, -0.25) is 4.79 Å². The predicted octanol–water partition coefficient (Wildman–Crippen LogP) is 5.30. The van der Waals surface area contributed by atoms with Crippen LogP contribution in [0.25, 0.3) is 0 Å². The van der Waals surface area contributed by atoms with Gasteiger partial charge in [-0.15, -0.1) is 0 Å². The number of carbonyl (C=O) groups is 1. The minimum atomic E-state index is -1.27. The standard InChI is InChI=1S/C25H49NO4/c1-26(2,3)23-25(30,22-24(28)29)20-18-16-14-12-10-8-6-4-5-7-9-11-13-15-17-19-21-27/h18,20,27,30H,4-17,19,21-23H2,1-3H3/p+1. The van der Waals surface area contributed by atoms with Crippen LogP contribution in [0.15, 0.2) is 12.2 Å². The zero-order valence-corrected chi connectivity index (χ0v) is 20.1. The first-order valence-electron chi connectivity index (χ1n) is 12.2. The molecule has 0 fully saturated rings. The maximum Gasteiger partial charge on any atom is 0.306 e. The fourth-order valence-electron chi connectivity index (χ4n) is 4.05. The average molecular weight is 429 g/mol. The summed E-state index contributed by atoms with van der Waals surface area (Å²) in [6, 6.07) is 0. The number of aliphatic hydroxyl groups is 2. The van der Waals surface area contributed by atoms with E-state index in [1.165, 1.54) is 77.0 Å². The van der Waals surface area contributed by atoms with Gasteiger partial charge in [0.25, 0.3) is 0 Å². The molecule has 0 aromatic heterocycles. The number of likely N-dealkylation sites (N-methyl/N-ethyl adjacent to an activating group) is 1. The summed E-state index contributed by atoms with van der Waals surface area (Å²) in [5.74, 6) is -0.964. The number of unbranched alkanes of at least 4 members (excludes halogenated alkanes) is 14. The molecule has 0 amide bonds. The predicted molar refractivity (Wildman–Crippen MR) is 126 cm³/mol. The highest BCUT2D eigenvalue weighted by molar-refractivity contribution is 5.68. The molecule has 178 valence electrons. The Labute approximate surface area is 185 Å². The molecule has 5 nitrogen and oxygen atoms in total. The second-order valence-corrected chi connectivity index (χ2v) is 9.99. The number of rotatable bonds is 21. The molecular weight excluding hydrogens is 378 g/mol. The summed E-state index contributed by atoms with van der Waals surface area (Å²) in [5.41, 5.74) is -1.27. The van der Waals surface area contributed by atoms with E-state index in [1.54, 1.807) is 6.08 Å². The van der Waals surface area contributed by atoms with Gasteiger partial charge in [0.05, 0.1) is 27.6 Å². The third-order valence-corrected chi connectivity index (χ3v) is 5.41. The number of hydrogen-bond donors (Lipinski definition) is 3. The normalized spacial score (nSPS) is 14.3. The second kappa shape index (κ2) is 17.7. The summed E-state index contributed by atoms with van der Waals surface area (Å²) in [5, 5.41) is 28.5. The molecule has 3 N–H and O–H groups in total. The summed E-state index contributed by atoms with van der Waals surface area (Å²) in [7, 11) is 5.88. The lowest BCUT2D eigenvalue weighted by atomic mass is 9.97. The first-order chi connectivity index (χ1) is 14.2. The Hall–Kier alpha value is -0.910. The van der Waals surface area contributed by atoms with Gasteiger partial charge in [-0.1, -0.05) is 89.2 Å². The molecule has 0 radical (unpaired) electrons. The molecule has 0 aliphatic heterocycles. The lowest BCUT2D eigenvalue weighted by Gasteiger charge is -2.32. The van der Waals surface area contributed by atoms with Crippen LogP contribution >= 0.6 is 0 Å². The van der Waals surface area contributed by atoms with Gasteiger partial charge in [-0.25, -0.2) is 0 Å². The minimum Gasteiger partial charge on any atom is -0.481 e. The zero-order valence-electron chi connectivity index (χ0n) is 20.1. The van der Waals surface area contributed by atoms with Crippen molar-refractivity contribution in [3.63, 3.8) is 0 Å². The third kappa shape index (κ3) is 20.4. The molecule has 0 aromatic rings. The van der Waals surface area contributed by atoms with Crippen LogP contribution in [0.5, 0.6) is 0 Å². The number of aliphatic carboxylic acids is 1. The summed E-state index contributed by atoms with van der Waals surface area (Å²) in [6.45, 7) is 0.725. The van der Waals surface area contributed by atoms with Crippen LogP contribution in [-0.2, 0) is 4.79 Å². The van der Waals surface area contributed by atoms with Gasteiger partial charge >= 0.3 is 5.97 Å². The van der Waals surface area contributed by atoms with Crippen LogP contribution in [0, 0.1) is 0 Å². The highest BCUT2D eigenvalue weighted by atomic mass is 16.4. The lowest BCUT2D eigenvalue weighted by molar-refractivity contribution is -0.876. The van der Waals surface area contributed by atoms with Crippen molar-refractivity contribution >= 4 is 5.97 Å². The van der Waals surface area contributed by atoms with Gasteiger partial charge in [0.1, 0.15) is 12.1 Å². The van der Waals surface area contributed by atoms with E-state index in [0.717, 1.165) is 19.3 Å². The van der Waals surface area contributed by atoms with E-state index < -0.39 is 11.6 Å². The number of allylic oxidation sites excluding steroid dienone is 1. The molecule has 0 bridgehead atoms. The minimum absolute atomic E-state index is 0.247. The maximum absolute atomic E-state index is 11.1. The van der Waals surface area contributed by atoms with E-state index in [4.69, 9.17) is 10.2 Å². The van der Waals surface area contributed by atoms with E-state index in [0.29, 0.717) is 17.6 Å². The van der Waals surface area contributed by atoms with Crippen LogP contribution in [-0.4, -0.2) is 65.7 Å². The van der Waals surface area contributed by atoms with E-state index >= 15 is 0 Å². The van der Waals surface area contributed by atoms with Crippen molar-refractivity contribution in [3.05, 3.63) is 12.2 Å². The average Bonchev–Trinajstić information content (AvgIpc) is 2.62. The molecule has 0 rings (SSSR count). The molecular formula is C25H50NO4+. The fraction of sp³-hybridized carbons (Fsp3) is 0.880. The molecule has 1 unspecified atom stereocenters. The summed E-state index contributed by atoms with van der Waals surface area (Å²) >= 11 is 0. The Bertz CT molecular complexity index is 445. The van der Waals surface area contributed by atoms with Gasteiger partial charge in [-0.05, 0) is 19.3 Å². The van der Waals surface area contributed by atoms with Crippen molar-refractivity contribution in [1.82, 2.24) is 0 Å². The van der Waals surface area contributed by atoms with Gasteiger partial charge in [0.15, 0.2) is 0 Å². The van der Waals surface area contributed by atoms with Crippen molar-refractivity contribution in [3.8, 4) is 0 Å². The number of hydrogen-bond acceptors (Lipinski definition) is 3. The molecule has 0 saturated carbocycles. The number of aliphatic hydroxyl groups excluding tert-OH is 1. The third-order valence-electron chi connectivity index (χ3n) is 5.41. The van der Waals surface area contributed by atoms with Crippen molar-refractivity contribution in [2.45, 2.75) is 108 Å². The topological polar surface area (TPSA) is 77.8 Å². The number of quaternary nitrogens is 1. The fourth-order valence-corrected chi connectivity index (χ4v) is 4.05. The molecule has 0 saturated heterocycles. The van der Waals surface area contributed by atoms with Gasteiger partial charge < -0.3 is 19.8 Å². The van der Waals surface area contributed by atoms with Crippen LogP contribution in [0.4, 0.5) is 0 Å².